The number of aromatic nitrogens is 1. The first-order valence-electron chi connectivity index (χ1n) is 8.87. The molecule has 1 fully saturated rings. The van der Waals surface area contributed by atoms with E-state index in [0.29, 0.717) is 11.3 Å². The maximum atomic E-state index is 12.9. The number of carbonyl (C=O) groups excluding carboxylic acids is 2. The van der Waals surface area contributed by atoms with Gasteiger partial charge in [-0.25, -0.2) is 0 Å². The molecule has 2 aliphatic rings. The van der Waals surface area contributed by atoms with E-state index in [2.05, 4.69) is 10.3 Å². The van der Waals surface area contributed by atoms with Gasteiger partial charge in [0.1, 0.15) is 0 Å². The van der Waals surface area contributed by atoms with Crippen LogP contribution in [0.25, 0.3) is 0 Å². The highest BCUT2D eigenvalue weighted by Crippen LogP contribution is 2.38. The molecular formula is C20H21N3O2. The molecule has 0 spiro atoms. The van der Waals surface area contributed by atoms with Crippen molar-refractivity contribution in [1.29, 1.82) is 0 Å². The maximum Gasteiger partial charge on any atom is 0.260 e. The molecule has 1 N–H and O–H groups in total. The van der Waals surface area contributed by atoms with E-state index in [1.807, 2.05) is 30.3 Å². The minimum Gasteiger partial charge on any atom is -0.353 e. The summed E-state index contributed by atoms with van der Waals surface area (Å²) in [7, 11) is 0. The molecule has 128 valence electrons. The van der Waals surface area contributed by atoms with Gasteiger partial charge in [0.25, 0.3) is 5.91 Å². The Bertz CT molecular complexity index is 785. The molecule has 0 saturated heterocycles. The van der Waals surface area contributed by atoms with Crippen LogP contribution in [0.5, 0.6) is 0 Å². The molecule has 1 aliphatic heterocycles. The predicted molar refractivity (Wildman–Crippen MR) is 95.2 cm³/mol. The molecule has 5 nitrogen and oxygen atoms in total. The molecule has 0 bridgehead atoms. The van der Waals surface area contributed by atoms with E-state index in [1.165, 1.54) is 12.8 Å². The average molecular weight is 335 g/mol. The molecule has 2 amide bonds. The molecule has 1 atom stereocenters. The molecule has 25 heavy (non-hydrogen) atoms. The van der Waals surface area contributed by atoms with Gasteiger partial charge in [0.2, 0.25) is 5.91 Å². The molecule has 1 saturated carbocycles. The highest BCUT2D eigenvalue weighted by atomic mass is 16.2. The Morgan fingerprint density at radius 2 is 1.88 bits per heavy atom. The number of benzene rings is 1. The monoisotopic (exact) mass is 335 g/mol. The van der Waals surface area contributed by atoms with Crippen LogP contribution in [0.4, 0.5) is 5.69 Å². The smallest absolute Gasteiger partial charge is 0.260 e. The number of nitrogens with one attached hydrogen (secondary N) is 1. The second-order valence-corrected chi connectivity index (χ2v) is 6.72. The number of para-hydroxylation sites is 1. The third-order valence-corrected chi connectivity index (χ3v) is 5.05. The fourth-order valence-corrected chi connectivity index (χ4v) is 3.86. The van der Waals surface area contributed by atoms with E-state index < -0.39 is 0 Å². The van der Waals surface area contributed by atoms with Crippen LogP contribution in [0, 0.1) is 0 Å². The van der Waals surface area contributed by atoms with E-state index in [-0.39, 0.29) is 30.3 Å². The van der Waals surface area contributed by atoms with Crippen LogP contribution in [0.1, 0.15) is 54.2 Å². The Morgan fingerprint density at radius 3 is 2.64 bits per heavy atom. The Labute approximate surface area is 147 Å². The Balaban J connectivity index is 1.61. The van der Waals surface area contributed by atoms with Crippen molar-refractivity contribution in [2.24, 2.45) is 0 Å². The Kier molecular flexibility index (Phi) is 4.22. The Morgan fingerprint density at radius 1 is 1.12 bits per heavy atom. The van der Waals surface area contributed by atoms with Gasteiger partial charge in [-0.3, -0.25) is 19.5 Å². The third kappa shape index (κ3) is 3.02. The number of amides is 2. The predicted octanol–water partition coefficient (Wildman–Crippen LogP) is 3.23. The molecule has 1 unspecified atom stereocenters. The summed E-state index contributed by atoms with van der Waals surface area (Å²) in [6, 6.07) is 13.0. The molecule has 1 aromatic carbocycles. The lowest BCUT2D eigenvalue weighted by Crippen LogP contribution is -2.36. The number of pyridine rings is 1. The fraction of sp³-hybridized carbons (Fsp3) is 0.350. The molecule has 2 heterocycles. The zero-order valence-corrected chi connectivity index (χ0v) is 14.0. The van der Waals surface area contributed by atoms with Gasteiger partial charge in [0, 0.05) is 17.9 Å². The summed E-state index contributed by atoms with van der Waals surface area (Å²) in [6.07, 6.45) is 6.36. The number of hydrogen-bond acceptors (Lipinski definition) is 3. The van der Waals surface area contributed by atoms with Gasteiger partial charge >= 0.3 is 0 Å². The first kappa shape index (κ1) is 15.8. The van der Waals surface area contributed by atoms with Gasteiger partial charge in [0.15, 0.2) is 0 Å². The average Bonchev–Trinajstić information content (AvgIpc) is 3.23. The van der Waals surface area contributed by atoms with Crippen LogP contribution in [-0.4, -0.2) is 22.8 Å². The lowest BCUT2D eigenvalue weighted by Gasteiger charge is -2.25. The lowest BCUT2D eigenvalue weighted by molar-refractivity contribution is -0.122. The highest BCUT2D eigenvalue weighted by Gasteiger charge is 2.40. The zero-order valence-electron chi connectivity index (χ0n) is 14.0. The van der Waals surface area contributed by atoms with E-state index in [0.717, 1.165) is 18.5 Å². The fourth-order valence-electron chi connectivity index (χ4n) is 3.86. The van der Waals surface area contributed by atoms with Crippen molar-refractivity contribution in [1.82, 2.24) is 10.3 Å². The number of fused-ring (bicyclic) bond motifs is 1. The summed E-state index contributed by atoms with van der Waals surface area (Å²) in [4.78, 5) is 31.6. The second kappa shape index (κ2) is 6.67. The zero-order chi connectivity index (χ0) is 17.2. The van der Waals surface area contributed by atoms with Gasteiger partial charge in [-0.15, -0.1) is 0 Å². The van der Waals surface area contributed by atoms with Crippen molar-refractivity contribution in [2.45, 2.75) is 44.2 Å². The van der Waals surface area contributed by atoms with Crippen LogP contribution >= 0.6 is 0 Å². The van der Waals surface area contributed by atoms with Crippen LogP contribution in [0.15, 0.2) is 48.7 Å². The summed E-state index contributed by atoms with van der Waals surface area (Å²) in [5.41, 5.74) is 2.08. The van der Waals surface area contributed by atoms with Crippen molar-refractivity contribution in [3.63, 3.8) is 0 Å². The van der Waals surface area contributed by atoms with Crippen molar-refractivity contribution >= 4 is 17.5 Å². The number of carbonyl (C=O) groups is 2. The van der Waals surface area contributed by atoms with Gasteiger partial charge in [-0.2, -0.15) is 0 Å². The van der Waals surface area contributed by atoms with Crippen molar-refractivity contribution in [3.05, 3.63) is 59.9 Å². The van der Waals surface area contributed by atoms with Crippen LogP contribution < -0.4 is 10.2 Å². The van der Waals surface area contributed by atoms with E-state index in [1.54, 1.807) is 23.2 Å². The standard InChI is InChI=1S/C20H21N3O2/c24-18(22-14-7-4-5-8-14)13-17-19-16(11-6-12-21-19)20(25)23(17)15-9-2-1-3-10-15/h1-3,6,9-12,14,17H,4-5,7-8,13H2,(H,22,24). The summed E-state index contributed by atoms with van der Waals surface area (Å²) in [5, 5.41) is 3.12. The second-order valence-electron chi connectivity index (χ2n) is 6.72. The van der Waals surface area contributed by atoms with Gasteiger partial charge in [-0.05, 0) is 37.1 Å². The quantitative estimate of drug-likeness (QED) is 0.933. The van der Waals surface area contributed by atoms with Crippen molar-refractivity contribution in [2.75, 3.05) is 4.90 Å². The highest BCUT2D eigenvalue weighted by molar-refractivity contribution is 6.11. The van der Waals surface area contributed by atoms with Crippen LogP contribution in [-0.2, 0) is 4.79 Å². The molecule has 1 aromatic heterocycles. The molecule has 4 rings (SSSR count). The Hall–Kier alpha value is -2.69. The third-order valence-electron chi connectivity index (χ3n) is 5.05. The first-order chi connectivity index (χ1) is 12.2. The van der Waals surface area contributed by atoms with E-state index in [4.69, 9.17) is 0 Å². The largest absolute Gasteiger partial charge is 0.353 e. The lowest BCUT2D eigenvalue weighted by atomic mass is 10.1. The van der Waals surface area contributed by atoms with E-state index in [9.17, 15) is 9.59 Å². The summed E-state index contributed by atoms with van der Waals surface area (Å²) >= 11 is 0. The SMILES string of the molecule is O=C(CC1c2ncccc2C(=O)N1c1ccccc1)NC1CCCC1. The first-order valence-corrected chi connectivity index (χ1v) is 8.87. The molecule has 2 aromatic rings. The van der Waals surface area contributed by atoms with Gasteiger partial charge in [-0.1, -0.05) is 31.0 Å². The van der Waals surface area contributed by atoms with Crippen molar-refractivity contribution in [3.8, 4) is 0 Å². The molecule has 5 heteroatoms. The summed E-state index contributed by atoms with van der Waals surface area (Å²) in [6.45, 7) is 0. The number of anilines is 1. The minimum absolute atomic E-state index is 0.0101. The van der Waals surface area contributed by atoms with Crippen LogP contribution in [0.3, 0.4) is 0 Å². The number of hydrogen-bond donors (Lipinski definition) is 1. The topological polar surface area (TPSA) is 62.3 Å². The van der Waals surface area contributed by atoms with E-state index >= 15 is 0 Å². The minimum atomic E-state index is -0.354. The number of nitrogens with zero attached hydrogens (tertiary/aromatic N) is 2. The summed E-state index contributed by atoms with van der Waals surface area (Å²) in [5.74, 6) is -0.0999. The molecule has 1 aliphatic carbocycles. The van der Waals surface area contributed by atoms with Crippen LogP contribution in [0.2, 0.25) is 0 Å². The van der Waals surface area contributed by atoms with Crippen molar-refractivity contribution < 1.29 is 9.59 Å². The maximum absolute atomic E-state index is 12.9. The molecular weight excluding hydrogens is 314 g/mol. The number of rotatable bonds is 4. The van der Waals surface area contributed by atoms with Gasteiger partial charge in [0.05, 0.1) is 23.7 Å². The molecule has 0 radical (unpaired) electrons. The normalized spacial score (nSPS) is 19.9. The van der Waals surface area contributed by atoms with Gasteiger partial charge < -0.3 is 5.32 Å². The summed E-state index contributed by atoms with van der Waals surface area (Å²) < 4.78 is 0.